The van der Waals surface area contributed by atoms with Crippen LogP contribution in [0, 0.1) is 11.3 Å². The van der Waals surface area contributed by atoms with Crippen LogP contribution in [-0.2, 0) is 9.53 Å². The van der Waals surface area contributed by atoms with E-state index >= 15 is 0 Å². The third kappa shape index (κ3) is 3.46. The molecule has 82 valence electrons. The number of carbonyl (C=O) groups is 1. The minimum atomic E-state index is -0.478. The van der Waals surface area contributed by atoms with Gasteiger partial charge in [-0.15, -0.1) is 0 Å². The molecule has 1 rings (SSSR count). The first-order valence-corrected chi connectivity index (χ1v) is 4.60. The van der Waals surface area contributed by atoms with E-state index < -0.39 is 5.97 Å². The van der Waals surface area contributed by atoms with Crippen molar-refractivity contribution in [2.75, 3.05) is 7.11 Å². The fourth-order valence-electron chi connectivity index (χ4n) is 1.07. The standard InChI is InChI=1S/C12H11NO3/c1-9(6-12(14)15-2)16-11-5-3-4-10(7-11)8-13/h3-7H,1-2H3/b9-6+. The molecule has 4 heteroatoms. The Hall–Kier alpha value is -2.28. The van der Waals surface area contributed by atoms with Crippen molar-refractivity contribution in [3.63, 3.8) is 0 Å². The average Bonchev–Trinajstić information content (AvgIpc) is 2.28. The van der Waals surface area contributed by atoms with Crippen LogP contribution in [0.4, 0.5) is 0 Å². The Kier molecular flexibility index (Phi) is 4.10. The van der Waals surface area contributed by atoms with Crippen LogP contribution < -0.4 is 4.74 Å². The van der Waals surface area contributed by atoms with Crippen molar-refractivity contribution < 1.29 is 14.3 Å². The van der Waals surface area contributed by atoms with Crippen LogP contribution in [0.25, 0.3) is 0 Å². The number of esters is 1. The van der Waals surface area contributed by atoms with Crippen molar-refractivity contribution >= 4 is 5.97 Å². The number of benzene rings is 1. The Bertz CT molecular complexity index is 458. The molecule has 0 spiro atoms. The average molecular weight is 217 g/mol. The largest absolute Gasteiger partial charge is 0.466 e. The van der Waals surface area contributed by atoms with Gasteiger partial charge in [-0.2, -0.15) is 5.26 Å². The predicted octanol–water partition coefficient (Wildman–Crippen LogP) is 2.01. The molecule has 0 aromatic heterocycles. The van der Waals surface area contributed by atoms with Crippen LogP contribution in [0.15, 0.2) is 36.1 Å². The Morgan fingerprint density at radius 3 is 2.88 bits per heavy atom. The molecule has 0 aliphatic carbocycles. The fraction of sp³-hybridized carbons (Fsp3) is 0.167. The zero-order chi connectivity index (χ0) is 12.0. The van der Waals surface area contributed by atoms with E-state index in [-0.39, 0.29) is 0 Å². The predicted molar refractivity (Wildman–Crippen MR) is 57.6 cm³/mol. The van der Waals surface area contributed by atoms with Crippen LogP contribution in [0.2, 0.25) is 0 Å². The highest BCUT2D eigenvalue weighted by molar-refractivity contribution is 5.82. The zero-order valence-corrected chi connectivity index (χ0v) is 9.06. The smallest absolute Gasteiger partial charge is 0.333 e. The molecule has 0 radical (unpaired) electrons. The third-order valence-electron chi connectivity index (χ3n) is 1.76. The second kappa shape index (κ2) is 5.56. The van der Waals surface area contributed by atoms with Crippen LogP contribution in [0.3, 0.4) is 0 Å². The minimum Gasteiger partial charge on any atom is -0.466 e. The Morgan fingerprint density at radius 2 is 2.25 bits per heavy atom. The van der Waals surface area contributed by atoms with Crippen molar-refractivity contribution in [3.8, 4) is 11.8 Å². The quantitative estimate of drug-likeness (QED) is 0.441. The van der Waals surface area contributed by atoms with E-state index in [0.29, 0.717) is 17.1 Å². The summed E-state index contributed by atoms with van der Waals surface area (Å²) >= 11 is 0. The van der Waals surface area contributed by atoms with E-state index in [0.717, 1.165) is 0 Å². The van der Waals surface area contributed by atoms with Crippen LogP contribution in [0.1, 0.15) is 12.5 Å². The lowest BCUT2D eigenvalue weighted by atomic mass is 10.2. The molecule has 0 atom stereocenters. The molecule has 0 aliphatic rings. The van der Waals surface area contributed by atoms with E-state index in [1.807, 2.05) is 6.07 Å². The Labute approximate surface area is 93.7 Å². The van der Waals surface area contributed by atoms with Gasteiger partial charge in [0.2, 0.25) is 0 Å². The highest BCUT2D eigenvalue weighted by Crippen LogP contribution is 2.15. The lowest BCUT2D eigenvalue weighted by Gasteiger charge is -2.05. The van der Waals surface area contributed by atoms with E-state index in [4.69, 9.17) is 10.00 Å². The summed E-state index contributed by atoms with van der Waals surface area (Å²) in [7, 11) is 1.29. The van der Waals surface area contributed by atoms with E-state index in [1.165, 1.54) is 13.2 Å². The maximum absolute atomic E-state index is 10.9. The first kappa shape index (κ1) is 11.8. The van der Waals surface area contributed by atoms with E-state index in [9.17, 15) is 4.79 Å². The molecular weight excluding hydrogens is 206 g/mol. The van der Waals surface area contributed by atoms with Crippen molar-refractivity contribution in [1.82, 2.24) is 0 Å². The summed E-state index contributed by atoms with van der Waals surface area (Å²) in [6.45, 7) is 1.63. The summed E-state index contributed by atoms with van der Waals surface area (Å²) in [5.41, 5.74) is 0.503. The molecule has 0 unspecified atom stereocenters. The van der Waals surface area contributed by atoms with Gasteiger partial charge >= 0.3 is 5.97 Å². The molecule has 0 heterocycles. The van der Waals surface area contributed by atoms with Crippen LogP contribution in [-0.4, -0.2) is 13.1 Å². The second-order valence-electron chi connectivity index (χ2n) is 3.02. The maximum atomic E-state index is 10.9. The number of allylic oxidation sites excluding steroid dienone is 1. The van der Waals surface area contributed by atoms with Gasteiger partial charge in [0.25, 0.3) is 0 Å². The van der Waals surface area contributed by atoms with Gasteiger partial charge in [-0.05, 0) is 25.1 Å². The van der Waals surface area contributed by atoms with Gasteiger partial charge in [0, 0.05) is 0 Å². The normalized spacial score (nSPS) is 10.4. The molecule has 0 aliphatic heterocycles. The maximum Gasteiger partial charge on any atom is 0.333 e. The molecule has 0 fully saturated rings. The molecule has 0 bridgehead atoms. The monoisotopic (exact) mass is 217 g/mol. The summed E-state index contributed by atoms with van der Waals surface area (Å²) in [4.78, 5) is 10.9. The number of ether oxygens (including phenoxy) is 2. The number of carbonyl (C=O) groups excluding carboxylic acids is 1. The first-order chi connectivity index (χ1) is 7.65. The molecule has 4 nitrogen and oxygen atoms in total. The molecule has 0 saturated carbocycles. The third-order valence-corrected chi connectivity index (χ3v) is 1.76. The van der Waals surface area contributed by atoms with Crippen LogP contribution >= 0.6 is 0 Å². The number of rotatable bonds is 3. The lowest BCUT2D eigenvalue weighted by Crippen LogP contribution is -1.99. The fourth-order valence-corrected chi connectivity index (χ4v) is 1.07. The highest BCUT2D eigenvalue weighted by atomic mass is 16.5. The van der Waals surface area contributed by atoms with E-state index in [2.05, 4.69) is 4.74 Å². The number of hydrogen-bond acceptors (Lipinski definition) is 4. The Morgan fingerprint density at radius 1 is 1.50 bits per heavy atom. The topological polar surface area (TPSA) is 59.3 Å². The molecule has 1 aromatic rings. The number of nitriles is 1. The molecule has 0 N–H and O–H groups in total. The van der Waals surface area contributed by atoms with Gasteiger partial charge in [-0.3, -0.25) is 0 Å². The highest BCUT2D eigenvalue weighted by Gasteiger charge is 2.00. The summed E-state index contributed by atoms with van der Waals surface area (Å²) in [6.07, 6.45) is 1.24. The second-order valence-corrected chi connectivity index (χ2v) is 3.02. The molecular formula is C12H11NO3. The van der Waals surface area contributed by atoms with Crippen LogP contribution in [0.5, 0.6) is 5.75 Å². The van der Waals surface area contributed by atoms with E-state index in [1.54, 1.807) is 31.2 Å². The van der Waals surface area contributed by atoms with Crippen molar-refractivity contribution in [3.05, 3.63) is 41.7 Å². The van der Waals surface area contributed by atoms with Gasteiger partial charge in [-0.25, -0.2) is 4.79 Å². The van der Waals surface area contributed by atoms with Gasteiger partial charge in [0.15, 0.2) is 0 Å². The molecule has 0 saturated heterocycles. The SMILES string of the molecule is COC(=O)/C=C(\C)Oc1cccc(C#N)c1. The van der Waals surface area contributed by atoms with Gasteiger partial charge in [0.1, 0.15) is 11.5 Å². The lowest BCUT2D eigenvalue weighted by molar-refractivity contribution is -0.135. The summed E-state index contributed by atoms with van der Waals surface area (Å²) in [5.74, 6) is 0.438. The summed E-state index contributed by atoms with van der Waals surface area (Å²) in [6, 6.07) is 8.68. The summed E-state index contributed by atoms with van der Waals surface area (Å²) < 4.78 is 9.79. The number of nitrogens with zero attached hydrogens (tertiary/aromatic N) is 1. The van der Waals surface area contributed by atoms with Crippen molar-refractivity contribution in [2.24, 2.45) is 0 Å². The molecule has 1 aromatic carbocycles. The Balaban J connectivity index is 2.77. The summed E-state index contributed by atoms with van der Waals surface area (Å²) in [5, 5.41) is 8.69. The molecule has 16 heavy (non-hydrogen) atoms. The zero-order valence-electron chi connectivity index (χ0n) is 9.06. The number of hydrogen-bond donors (Lipinski definition) is 0. The number of methoxy groups -OCH3 is 1. The molecule has 0 amide bonds. The van der Waals surface area contributed by atoms with Gasteiger partial charge < -0.3 is 9.47 Å². The van der Waals surface area contributed by atoms with Gasteiger partial charge in [0.05, 0.1) is 24.8 Å². The van der Waals surface area contributed by atoms with Crippen molar-refractivity contribution in [2.45, 2.75) is 6.92 Å². The van der Waals surface area contributed by atoms with Crippen molar-refractivity contribution in [1.29, 1.82) is 5.26 Å². The van der Waals surface area contributed by atoms with Gasteiger partial charge in [-0.1, -0.05) is 6.07 Å². The minimum absolute atomic E-state index is 0.405. The first-order valence-electron chi connectivity index (χ1n) is 4.60.